The van der Waals surface area contributed by atoms with Gasteiger partial charge >= 0.3 is 0 Å². The van der Waals surface area contributed by atoms with Crippen LogP contribution in [0.1, 0.15) is 28.9 Å². The molecule has 1 aromatic heterocycles. The molecule has 0 aromatic carbocycles. The Morgan fingerprint density at radius 3 is 2.86 bits per heavy atom. The highest BCUT2D eigenvalue weighted by Gasteiger charge is 2.29. The number of aliphatic hydroxyl groups is 1. The summed E-state index contributed by atoms with van der Waals surface area (Å²) >= 11 is 0. The summed E-state index contributed by atoms with van der Waals surface area (Å²) in [6, 6.07) is 2.87. The number of aliphatic hydroxyl groups excluding tert-OH is 1. The number of aromatic nitrogens is 1. The van der Waals surface area contributed by atoms with E-state index in [2.05, 4.69) is 22.1 Å². The molecule has 1 atom stereocenters. The van der Waals surface area contributed by atoms with E-state index in [0.717, 1.165) is 0 Å². The molecule has 1 saturated heterocycles. The Labute approximate surface area is 123 Å². The quantitative estimate of drug-likeness (QED) is 0.750. The van der Waals surface area contributed by atoms with Crippen molar-refractivity contribution in [2.75, 3.05) is 18.1 Å². The predicted molar refractivity (Wildman–Crippen MR) is 77.3 cm³/mol. The molecule has 2 heterocycles. The predicted octanol–water partition coefficient (Wildman–Crippen LogP) is -0.268. The van der Waals surface area contributed by atoms with Crippen molar-refractivity contribution in [2.24, 2.45) is 0 Å². The molecule has 112 valence electrons. The van der Waals surface area contributed by atoms with E-state index < -0.39 is 9.84 Å². The van der Waals surface area contributed by atoms with Crippen molar-refractivity contribution in [1.82, 2.24) is 10.3 Å². The summed E-state index contributed by atoms with van der Waals surface area (Å²) in [4.78, 5) is 16.0. The van der Waals surface area contributed by atoms with Gasteiger partial charge < -0.3 is 10.4 Å². The summed E-state index contributed by atoms with van der Waals surface area (Å²) in [5, 5.41) is 11.3. The van der Waals surface area contributed by atoms with Gasteiger partial charge in [-0.2, -0.15) is 0 Å². The van der Waals surface area contributed by atoms with Gasteiger partial charge in [0, 0.05) is 24.2 Å². The SMILES string of the molecule is O=C(NC1CCS(=O)(=O)C1)c1ccc(C#CCCO)cn1. The Morgan fingerprint density at radius 2 is 2.29 bits per heavy atom. The van der Waals surface area contributed by atoms with Crippen LogP contribution in [0.4, 0.5) is 0 Å². The van der Waals surface area contributed by atoms with Crippen molar-refractivity contribution in [2.45, 2.75) is 18.9 Å². The number of pyridine rings is 1. The number of hydrogen-bond acceptors (Lipinski definition) is 5. The van der Waals surface area contributed by atoms with Crippen molar-refractivity contribution in [3.63, 3.8) is 0 Å². The minimum absolute atomic E-state index is 0.00517. The molecule has 1 unspecified atom stereocenters. The number of carbonyl (C=O) groups excluding carboxylic acids is 1. The van der Waals surface area contributed by atoms with Gasteiger partial charge in [-0.25, -0.2) is 13.4 Å². The van der Waals surface area contributed by atoms with E-state index in [9.17, 15) is 13.2 Å². The standard InChI is InChI=1S/C14H16N2O4S/c17-7-2-1-3-11-4-5-13(15-9-11)14(18)16-12-6-8-21(19,20)10-12/h4-5,9,12,17H,2,6-8,10H2,(H,16,18). The van der Waals surface area contributed by atoms with E-state index in [4.69, 9.17) is 5.11 Å². The summed E-state index contributed by atoms with van der Waals surface area (Å²) in [5.74, 6) is 5.30. The molecule has 1 aliphatic rings. The fourth-order valence-electron chi connectivity index (χ4n) is 1.99. The van der Waals surface area contributed by atoms with Crippen molar-refractivity contribution in [3.8, 4) is 11.8 Å². The van der Waals surface area contributed by atoms with Crippen LogP contribution in [0.5, 0.6) is 0 Å². The lowest BCUT2D eigenvalue weighted by atomic mass is 10.2. The third kappa shape index (κ3) is 4.55. The molecule has 0 radical (unpaired) electrons. The van der Waals surface area contributed by atoms with Crippen LogP contribution in [0.2, 0.25) is 0 Å². The largest absolute Gasteiger partial charge is 0.395 e. The van der Waals surface area contributed by atoms with Crippen molar-refractivity contribution in [1.29, 1.82) is 0 Å². The van der Waals surface area contributed by atoms with E-state index in [0.29, 0.717) is 18.4 Å². The third-order valence-electron chi connectivity index (χ3n) is 3.03. The number of amides is 1. The zero-order chi connectivity index (χ0) is 15.3. The number of nitrogens with one attached hydrogen (secondary N) is 1. The Bertz CT molecular complexity index is 671. The molecular weight excluding hydrogens is 292 g/mol. The van der Waals surface area contributed by atoms with Crippen LogP contribution in [-0.2, 0) is 9.84 Å². The molecule has 0 bridgehead atoms. The molecule has 1 aromatic rings. The zero-order valence-corrected chi connectivity index (χ0v) is 12.2. The van der Waals surface area contributed by atoms with Crippen LogP contribution in [0.25, 0.3) is 0 Å². The molecule has 0 saturated carbocycles. The lowest BCUT2D eigenvalue weighted by Crippen LogP contribution is -2.36. The number of carbonyl (C=O) groups is 1. The molecule has 1 fully saturated rings. The summed E-state index contributed by atoms with van der Waals surface area (Å²) in [6.07, 6.45) is 2.31. The Morgan fingerprint density at radius 1 is 1.48 bits per heavy atom. The smallest absolute Gasteiger partial charge is 0.270 e. The molecule has 1 aliphatic heterocycles. The van der Waals surface area contributed by atoms with E-state index >= 15 is 0 Å². The molecule has 6 nitrogen and oxygen atoms in total. The van der Waals surface area contributed by atoms with Crippen molar-refractivity contribution < 1.29 is 18.3 Å². The van der Waals surface area contributed by atoms with Crippen molar-refractivity contribution >= 4 is 15.7 Å². The number of nitrogens with zero attached hydrogens (tertiary/aromatic N) is 1. The highest BCUT2D eigenvalue weighted by Crippen LogP contribution is 2.11. The van der Waals surface area contributed by atoms with Crippen LogP contribution in [-0.4, -0.2) is 48.6 Å². The topological polar surface area (TPSA) is 96.4 Å². The molecule has 7 heteroatoms. The second kappa shape index (κ2) is 6.70. The number of hydrogen-bond donors (Lipinski definition) is 2. The first-order valence-corrected chi connectivity index (χ1v) is 8.39. The van der Waals surface area contributed by atoms with E-state index in [1.165, 1.54) is 6.20 Å². The average Bonchev–Trinajstić information content (AvgIpc) is 2.79. The van der Waals surface area contributed by atoms with Gasteiger partial charge in [-0.1, -0.05) is 11.8 Å². The first-order chi connectivity index (χ1) is 10.00. The molecular formula is C14H16N2O4S. The van der Waals surface area contributed by atoms with Gasteiger partial charge in [-0.15, -0.1) is 0 Å². The maximum Gasteiger partial charge on any atom is 0.270 e. The molecule has 2 rings (SSSR count). The summed E-state index contributed by atoms with van der Waals surface area (Å²) < 4.78 is 22.7. The van der Waals surface area contributed by atoms with Crippen LogP contribution >= 0.6 is 0 Å². The van der Waals surface area contributed by atoms with E-state index in [-0.39, 0.29) is 35.8 Å². The van der Waals surface area contributed by atoms with Crippen LogP contribution in [0, 0.1) is 11.8 Å². The lowest BCUT2D eigenvalue weighted by molar-refractivity contribution is 0.0936. The zero-order valence-electron chi connectivity index (χ0n) is 11.4. The average molecular weight is 308 g/mol. The molecule has 0 spiro atoms. The Kier molecular flexibility index (Phi) is 4.94. The monoisotopic (exact) mass is 308 g/mol. The molecule has 0 aliphatic carbocycles. The normalized spacial score (nSPS) is 19.6. The minimum atomic E-state index is -3.02. The van der Waals surface area contributed by atoms with Gasteiger partial charge in [0.25, 0.3) is 5.91 Å². The van der Waals surface area contributed by atoms with Crippen molar-refractivity contribution in [3.05, 3.63) is 29.6 Å². The van der Waals surface area contributed by atoms with Gasteiger partial charge in [-0.05, 0) is 18.6 Å². The fraction of sp³-hybridized carbons (Fsp3) is 0.429. The highest BCUT2D eigenvalue weighted by molar-refractivity contribution is 7.91. The van der Waals surface area contributed by atoms with Gasteiger partial charge in [-0.3, -0.25) is 4.79 Å². The third-order valence-corrected chi connectivity index (χ3v) is 4.80. The Balaban J connectivity index is 1.96. The van der Waals surface area contributed by atoms with Gasteiger partial charge in [0.2, 0.25) is 0 Å². The maximum absolute atomic E-state index is 11.9. The van der Waals surface area contributed by atoms with Crippen LogP contribution in [0.3, 0.4) is 0 Å². The molecule has 1 amide bonds. The van der Waals surface area contributed by atoms with Crippen LogP contribution < -0.4 is 5.32 Å². The second-order valence-corrected chi connectivity index (χ2v) is 7.01. The number of rotatable bonds is 3. The number of sulfone groups is 1. The fourth-order valence-corrected chi connectivity index (χ4v) is 3.66. The maximum atomic E-state index is 11.9. The second-order valence-electron chi connectivity index (χ2n) is 4.78. The first kappa shape index (κ1) is 15.5. The Hall–Kier alpha value is -1.91. The minimum Gasteiger partial charge on any atom is -0.395 e. The van der Waals surface area contributed by atoms with E-state index in [1.54, 1.807) is 12.1 Å². The molecule has 2 N–H and O–H groups in total. The van der Waals surface area contributed by atoms with Gasteiger partial charge in [0.1, 0.15) is 5.69 Å². The summed E-state index contributed by atoms with van der Waals surface area (Å²) in [6.45, 7) is 0.00517. The first-order valence-electron chi connectivity index (χ1n) is 6.57. The summed E-state index contributed by atoms with van der Waals surface area (Å²) in [7, 11) is -3.02. The van der Waals surface area contributed by atoms with Gasteiger partial charge in [0.15, 0.2) is 9.84 Å². The van der Waals surface area contributed by atoms with E-state index in [1.807, 2.05) is 0 Å². The summed E-state index contributed by atoms with van der Waals surface area (Å²) in [5.41, 5.74) is 0.885. The van der Waals surface area contributed by atoms with Gasteiger partial charge in [0.05, 0.1) is 18.1 Å². The lowest BCUT2D eigenvalue weighted by Gasteiger charge is -2.09. The highest BCUT2D eigenvalue weighted by atomic mass is 32.2. The molecule has 21 heavy (non-hydrogen) atoms. The van der Waals surface area contributed by atoms with Crippen LogP contribution in [0.15, 0.2) is 18.3 Å².